The largest absolute Gasteiger partial charge is 0.299 e. The van der Waals surface area contributed by atoms with Gasteiger partial charge in [0, 0.05) is 0 Å². The summed E-state index contributed by atoms with van der Waals surface area (Å²) in [6.07, 6.45) is 4.07. The van der Waals surface area contributed by atoms with Crippen LogP contribution in [0.15, 0.2) is 0 Å². The van der Waals surface area contributed by atoms with Crippen molar-refractivity contribution in [3.05, 3.63) is 0 Å². The molecule has 0 aromatic heterocycles. The summed E-state index contributed by atoms with van der Waals surface area (Å²) in [5.74, 6) is -0.249. The van der Waals surface area contributed by atoms with Crippen molar-refractivity contribution in [2.24, 2.45) is 0 Å². The first-order valence-electron chi connectivity index (χ1n) is 5.09. The first-order valence-corrected chi connectivity index (χ1v) is 6.70. The Bertz CT molecular complexity index is 339. The molecular weight excluding hydrogens is 216 g/mol. The molecule has 86 valence electrons. The lowest BCUT2D eigenvalue weighted by atomic mass is 10.00. The van der Waals surface area contributed by atoms with Gasteiger partial charge >= 0.3 is 0 Å². The van der Waals surface area contributed by atoms with Crippen LogP contribution in [0.2, 0.25) is 0 Å². The first-order chi connectivity index (χ1) is 6.97. The minimum absolute atomic E-state index is 0.249. The topological polar surface area (TPSA) is 90.2 Å². The van der Waals surface area contributed by atoms with Gasteiger partial charge in [-0.3, -0.25) is 9.87 Å². The molecular formula is C9H16N2O3S. The molecule has 0 atom stereocenters. The van der Waals surface area contributed by atoms with Crippen molar-refractivity contribution in [1.29, 1.82) is 5.26 Å². The second kappa shape index (κ2) is 4.92. The normalized spacial score (nSPS) is 20.0. The lowest BCUT2D eigenvalue weighted by Gasteiger charge is -2.21. The van der Waals surface area contributed by atoms with Crippen molar-refractivity contribution < 1.29 is 13.0 Å². The van der Waals surface area contributed by atoms with Crippen molar-refractivity contribution in [2.75, 3.05) is 12.3 Å². The Kier molecular flexibility index (Phi) is 4.08. The van der Waals surface area contributed by atoms with Gasteiger partial charge in [0.15, 0.2) is 0 Å². The summed E-state index contributed by atoms with van der Waals surface area (Å²) in [6.45, 7) is 0.452. The van der Waals surface area contributed by atoms with Crippen molar-refractivity contribution >= 4 is 10.1 Å². The van der Waals surface area contributed by atoms with Crippen molar-refractivity contribution in [3.8, 4) is 6.07 Å². The molecule has 2 N–H and O–H groups in total. The Labute approximate surface area is 90.2 Å². The highest BCUT2D eigenvalue weighted by Crippen LogP contribution is 2.28. The van der Waals surface area contributed by atoms with E-state index in [1.165, 1.54) is 0 Å². The van der Waals surface area contributed by atoms with E-state index in [-0.39, 0.29) is 5.75 Å². The second-order valence-electron chi connectivity index (χ2n) is 3.97. The zero-order valence-corrected chi connectivity index (χ0v) is 9.39. The zero-order chi connectivity index (χ0) is 11.4. The van der Waals surface area contributed by atoms with Crippen LogP contribution in [0.3, 0.4) is 0 Å². The molecule has 0 aromatic rings. The van der Waals surface area contributed by atoms with Gasteiger partial charge in [0.25, 0.3) is 10.1 Å². The Balaban J connectivity index is 2.28. The van der Waals surface area contributed by atoms with Gasteiger partial charge in [-0.2, -0.15) is 13.7 Å². The molecule has 1 saturated carbocycles. The molecule has 1 rings (SSSR count). The van der Waals surface area contributed by atoms with E-state index in [0.29, 0.717) is 13.0 Å². The average Bonchev–Trinajstić information content (AvgIpc) is 2.60. The lowest BCUT2D eigenvalue weighted by molar-refractivity contribution is 0.420. The highest BCUT2D eigenvalue weighted by atomic mass is 32.2. The van der Waals surface area contributed by atoms with Gasteiger partial charge in [-0.1, -0.05) is 12.8 Å². The van der Waals surface area contributed by atoms with Gasteiger partial charge in [0.1, 0.15) is 5.54 Å². The van der Waals surface area contributed by atoms with Crippen molar-refractivity contribution in [1.82, 2.24) is 5.32 Å². The maximum Gasteiger partial charge on any atom is 0.264 e. The van der Waals surface area contributed by atoms with Crippen LogP contribution in [0, 0.1) is 11.3 Å². The smallest absolute Gasteiger partial charge is 0.264 e. The van der Waals surface area contributed by atoms with Crippen LogP contribution in [-0.4, -0.2) is 30.8 Å². The summed E-state index contributed by atoms with van der Waals surface area (Å²) in [4.78, 5) is 0. The van der Waals surface area contributed by atoms with Crippen LogP contribution in [0.1, 0.15) is 32.1 Å². The fraction of sp³-hybridized carbons (Fsp3) is 0.889. The summed E-state index contributed by atoms with van der Waals surface area (Å²) >= 11 is 0. The molecule has 15 heavy (non-hydrogen) atoms. The molecule has 0 bridgehead atoms. The molecule has 0 unspecified atom stereocenters. The third-order valence-corrected chi connectivity index (χ3v) is 3.52. The van der Waals surface area contributed by atoms with E-state index in [1.54, 1.807) is 0 Å². The molecule has 1 aliphatic rings. The predicted octanol–water partition coefficient (Wildman–Crippen LogP) is 0.690. The summed E-state index contributed by atoms with van der Waals surface area (Å²) in [6, 6.07) is 2.25. The van der Waals surface area contributed by atoms with Crippen LogP contribution < -0.4 is 5.32 Å². The van der Waals surface area contributed by atoms with E-state index in [4.69, 9.17) is 9.81 Å². The number of hydrogen-bond acceptors (Lipinski definition) is 4. The van der Waals surface area contributed by atoms with Gasteiger partial charge in [-0.25, -0.2) is 0 Å². The van der Waals surface area contributed by atoms with E-state index in [1.807, 2.05) is 0 Å². The number of nitriles is 1. The minimum Gasteiger partial charge on any atom is -0.299 e. The third kappa shape index (κ3) is 4.16. The standard InChI is InChI=1S/C9H16N2O3S/c10-8-9(4-1-2-5-9)11-6-3-7-15(12,13)14/h11H,1-7H2,(H,12,13,14). The second-order valence-corrected chi connectivity index (χ2v) is 5.54. The molecule has 0 amide bonds. The highest BCUT2D eigenvalue weighted by molar-refractivity contribution is 7.85. The molecule has 0 saturated heterocycles. The van der Waals surface area contributed by atoms with Crippen molar-refractivity contribution in [3.63, 3.8) is 0 Å². The third-order valence-electron chi connectivity index (χ3n) is 2.71. The molecule has 5 nitrogen and oxygen atoms in total. The van der Waals surface area contributed by atoms with E-state index >= 15 is 0 Å². The molecule has 0 radical (unpaired) electrons. The maximum absolute atomic E-state index is 10.4. The van der Waals surface area contributed by atoms with Crippen LogP contribution in [-0.2, 0) is 10.1 Å². The van der Waals surface area contributed by atoms with Gasteiger partial charge in [-0.05, 0) is 25.8 Å². The summed E-state index contributed by atoms with van der Waals surface area (Å²) in [7, 11) is -3.87. The van der Waals surface area contributed by atoms with E-state index in [9.17, 15) is 8.42 Å². The van der Waals surface area contributed by atoms with E-state index in [0.717, 1.165) is 25.7 Å². The average molecular weight is 232 g/mol. The minimum atomic E-state index is -3.87. The summed E-state index contributed by atoms with van der Waals surface area (Å²) < 4.78 is 29.4. The van der Waals surface area contributed by atoms with Crippen LogP contribution >= 0.6 is 0 Å². The van der Waals surface area contributed by atoms with E-state index in [2.05, 4.69) is 11.4 Å². The Morgan fingerprint density at radius 1 is 1.40 bits per heavy atom. The predicted molar refractivity (Wildman–Crippen MR) is 55.8 cm³/mol. The van der Waals surface area contributed by atoms with E-state index < -0.39 is 15.7 Å². The molecule has 1 aliphatic carbocycles. The Morgan fingerprint density at radius 3 is 2.47 bits per heavy atom. The SMILES string of the molecule is N#CC1(NCCCS(=O)(=O)O)CCCC1. The molecule has 0 spiro atoms. The van der Waals surface area contributed by atoms with Gasteiger partial charge in [-0.15, -0.1) is 0 Å². The number of nitrogens with one attached hydrogen (secondary N) is 1. The highest BCUT2D eigenvalue weighted by Gasteiger charge is 2.32. The van der Waals surface area contributed by atoms with Gasteiger partial charge in [0.2, 0.25) is 0 Å². The molecule has 0 aromatic carbocycles. The fourth-order valence-electron chi connectivity index (χ4n) is 1.89. The lowest BCUT2D eigenvalue weighted by Crippen LogP contribution is -2.42. The van der Waals surface area contributed by atoms with Gasteiger partial charge in [0.05, 0.1) is 11.8 Å². The molecule has 1 fully saturated rings. The van der Waals surface area contributed by atoms with Crippen LogP contribution in [0.25, 0.3) is 0 Å². The Hall–Kier alpha value is -0.640. The maximum atomic E-state index is 10.4. The Morgan fingerprint density at radius 2 is 2.00 bits per heavy atom. The molecule has 0 aliphatic heterocycles. The summed E-state index contributed by atoms with van der Waals surface area (Å²) in [5.41, 5.74) is -0.459. The number of hydrogen-bond donors (Lipinski definition) is 2. The fourth-order valence-corrected chi connectivity index (χ4v) is 2.40. The monoisotopic (exact) mass is 232 g/mol. The summed E-state index contributed by atoms with van der Waals surface area (Å²) in [5, 5.41) is 12.1. The molecule has 0 heterocycles. The number of rotatable bonds is 5. The van der Waals surface area contributed by atoms with Crippen molar-refractivity contribution in [2.45, 2.75) is 37.6 Å². The first kappa shape index (κ1) is 12.4. The van der Waals surface area contributed by atoms with Crippen LogP contribution in [0.4, 0.5) is 0 Å². The zero-order valence-electron chi connectivity index (χ0n) is 8.57. The quantitative estimate of drug-likeness (QED) is 0.537. The van der Waals surface area contributed by atoms with Gasteiger partial charge < -0.3 is 0 Å². The molecule has 6 heteroatoms. The van der Waals surface area contributed by atoms with Crippen LogP contribution in [0.5, 0.6) is 0 Å². The number of nitrogens with zero attached hydrogens (tertiary/aromatic N) is 1.